The van der Waals surface area contributed by atoms with Crippen LogP contribution in [0.25, 0.3) is 0 Å². The van der Waals surface area contributed by atoms with Gasteiger partial charge in [-0.3, -0.25) is 0 Å². The van der Waals surface area contributed by atoms with Crippen LogP contribution in [0.3, 0.4) is 0 Å². The first-order valence-electron chi connectivity index (χ1n) is 6.10. The van der Waals surface area contributed by atoms with Crippen LogP contribution in [0.15, 0.2) is 28.3 Å². The van der Waals surface area contributed by atoms with E-state index in [-0.39, 0.29) is 11.5 Å². The molecule has 0 unspecified atom stereocenters. The molecule has 3 atom stereocenters. The van der Waals surface area contributed by atoms with Gasteiger partial charge in [0.2, 0.25) is 0 Å². The maximum Gasteiger partial charge on any atom is 0.127 e. The van der Waals surface area contributed by atoms with E-state index in [9.17, 15) is 0 Å². The van der Waals surface area contributed by atoms with Crippen LogP contribution < -0.4 is 4.74 Å². The molecule has 1 aromatic carbocycles. The van der Waals surface area contributed by atoms with Gasteiger partial charge < -0.3 is 4.74 Å². The molecule has 2 aliphatic rings. The van der Waals surface area contributed by atoms with Crippen LogP contribution in [0.2, 0.25) is 0 Å². The fraction of sp³-hybridized carbons (Fsp3) is 0.467. The number of hydrogen-bond acceptors (Lipinski definition) is 1. The highest BCUT2D eigenvalue weighted by Crippen LogP contribution is 2.54. The monoisotopic (exact) mass is 292 g/mol. The molecule has 1 aliphatic heterocycles. The van der Waals surface area contributed by atoms with E-state index in [0.717, 1.165) is 5.75 Å². The summed E-state index contributed by atoms with van der Waals surface area (Å²) >= 11 is 3.63. The van der Waals surface area contributed by atoms with Gasteiger partial charge in [0.05, 0.1) is 0 Å². The Kier molecular flexibility index (Phi) is 2.25. The number of aryl methyl sites for hydroxylation is 1. The summed E-state index contributed by atoms with van der Waals surface area (Å²) in [6.45, 7) is 8.94. The number of hydrogen-bond donors (Lipinski definition) is 0. The molecule has 0 spiro atoms. The molecule has 0 saturated heterocycles. The number of halogens is 1. The zero-order valence-electron chi connectivity index (χ0n) is 10.7. The van der Waals surface area contributed by atoms with E-state index in [1.165, 1.54) is 21.2 Å². The van der Waals surface area contributed by atoms with Crippen molar-refractivity contribution in [1.82, 2.24) is 0 Å². The van der Waals surface area contributed by atoms with Gasteiger partial charge in [-0.2, -0.15) is 0 Å². The standard InChI is InChI=1S/C15H17BrO/c1-8-6-14-15(4,10(8)3)11-7-12(16)9(2)5-13(11)17-14/h5-7,10,14H,1-4H3/t10-,14+,15+/m1/s1. The Morgan fingerprint density at radius 1 is 1.29 bits per heavy atom. The van der Waals surface area contributed by atoms with E-state index >= 15 is 0 Å². The first-order chi connectivity index (χ1) is 7.94. The lowest BCUT2D eigenvalue weighted by Crippen LogP contribution is -2.35. The zero-order valence-corrected chi connectivity index (χ0v) is 12.3. The molecular formula is C15H17BrO. The Balaban J connectivity index is 2.19. The van der Waals surface area contributed by atoms with Gasteiger partial charge in [0.15, 0.2) is 0 Å². The quantitative estimate of drug-likeness (QED) is 0.645. The Morgan fingerprint density at radius 3 is 2.71 bits per heavy atom. The van der Waals surface area contributed by atoms with Gasteiger partial charge in [-0.1, -0.05) is 35.4 Å². The van der Waals surface area contributed by atoms with Crippen LogP contribution in [0.4, 0.5) is 0 Å². The number of fused-ring (bicyclic) bond motifs is 3. The molecule has 0 amide bonds. The molecule has 0 radical (unpaired) electrons. The molecule has 0 aromatic heterocycles. The summed E-state index contributed by atoms with van der Waals surface area (Å²) in [5.74, 6) is 1.61. The van der Waals surface area contributed by atoms with E-state index in [4.69, 9.17) is 4.74 Å². The second-order valence-corrected chi connectivity index (χ2v) is 6.41. The van der Waals surface area contributed by atoms with E-state index in [2.05, 4.69) is 61.8 Å². The Hall–Kier alpha value is -0.760. The molecule has 0 fully saturated rings. The largest absolute Gasteiger partial charge is 0.485 e. The van der Waals surface area contributed by atoms with E-state index in [0.29, 0.717) is 5.92 Å². The number of ether oxygens (including phenoxy) is 1. The molecule has 0 N–H and O–H groups in total. The van der Waals surface area contributed by atoms with Crippen LogP contribution in [0, 0.1) is 12.8 Å². The zero-order chi connectivity index (χ0) is 12.4. The first-order valence-corrected chi connectivity index (χ1v) is 6.89. The lowest BCUT2D eigenvalue weighted by molar-refractivity contribution is 0.191. The van der Waals surface area contributed by atoms with Crippen molar-refractivity contribution in [3.8, 4) is 5.75 Å². The predicted molar refractivity (Wildman–Crippen MR) is 73.6 cm³/mol. The van der Waals surface area contributed by atoms with Crippen molar-refractivity contribution in [2.75, 3.05) is 0 Å². The van der Waals surface area contributed by atoms with Crippen molar-refractivity contribution in [1.29, 1.82) is 0 Å². The predicted octanol–water partition coefficient (Wildman–Crippen LogP) is 4.37. The van der Waals surface area contributed by atoms with E-state index < -0.39 is 0 Å². The third-order valence-corrected chi connectivity index (χ3v) is 5.54. The van der Waals surface area contributed by atoms with Gasteiger partial charge in [-0.05, 0) is 43.5 Å². The SMILES string of the molecule is CC1=C[C@@H]2Oc3cc(C)c(Br)cc3[C@]2(C)[C@@H]1C. The maximum atomic E-state index is 6.11. The maximum absolute atomic E-state index is 6.11. The van der Waals surface area contributed by atoms with E-state index in [1.54, 1.807) is 0 Å². The highest BCUT2D eigenvalue weighted by molar-refractivity contribution is 9.10. The highest BCUT2D eigenvalue weighted by atomic mass is 79.9. The molecule has 3 rings (SSSR count). The van der Waals surface area contributed by atoms with E-state index in [1.807, 2.05) is 0 Å². The minimum Gasteiger partial charge on any atom is -0.485 e. The second-order valence-electron chi connectivity index (χ2n) is 5.55. The summed E-state index contributed by atoms with van der Waals surface area (Å²) in [5, 5.41) is 0. The summed E-state index contributed by atoms with van der Waals surface area (Å²) in [6, 6.07) is 4.40. The Labute approximate surface area is 111 Å². The minimum atomic E-state index is 0.107. The summed E-state index contributed by atoms with van der Waals surface area (Å²) in [5.41, 5.74) is 4.14. The van der Waals surface area contributed by atoms with Crippen LogP contribution in [0.1, 0.15) is 31.9 Å². The second kappa shape index (κ2) is 3.38. The van der Waals surface area contributed by atoms with Crippen molar-refractivity contribution in [2.24, 2.45) is 5.92 Å². The summed E-state index contributed by atoms with van der Waals surface area (Å²) in [7, 11) is 0. The minimum absolute atomic E-state index is 0.107. The van der Waals surface area contributed by atoms with Crippen LogP contribution >= 0.6 is 15.9 Å². The van der Waals surface area contributed by atoms with Crippen molar-refractivity contribution in [2.45, 2.75) is 39.2 Å². The topological polar surface area (TPSA) is 9.23 Å². The van der Waals surface area contributed by atoms with Crippen molar-refractivity contribution in [3.05, 3.63) is 39.4 Å². The average molecular weight is 293 g/mol. The third-order valence-electron chi connectivity index (χ3n) is 4.68. The van der Waals surface area contributed by atoms with Gasteiger partial charge in [0.25, 0.3) is 0 Å². The number of benzene rings is 1. The summed E-state index contributed by atoms with van der Waals surface area (Å²) in [6.07, 6.45) is 2.50. The van der Waals surface area contributed by atoms with Crippen molar-refractivity contribution in [3.63, 3.8) is 0 Å². The average Bonchev–Trinajstić information content (AvgIpc) is 2.64. The molecule has 0 saturated carbocycles. The molecule has 0 bridgehead atoms. The van der Waals surface area contributed by atoms with Crippen LogP contribution in [-0.2, 0) is 5.41 Å². The number of rotatable bonds is 0. The molecule has 17 heavy (non-hydrogen) atoms. The number of allylic oxidation sites excluding steroid dienone is 1. The fourth-order valence-corrected chi connectivity index (χ4v) is 3.47. The fourth-order valence-electron chi connectivity index (χ4n) is 3.13. The molecule has 1 heterocycles. The Bertz CT molecular complexity index is 532. The molecule has 1 nitrogen and oxygen atoms in total. The highest BCUT2D eigenvalue weighted by Gasteiger charge is 2.52. The van der Waals surface area contributed by atoms with Crippen LogP contribution in [-0.4, -0.2) is 6.10 Å². The first kappa shape index (κ1) is 11.3. The summed E-state index contributed by atoms with van der Waals surface area (Å²) < 4.78 is 7.29. The van der Waals surface area contributed by atoms with Crippen LogP contribution in [0.5, 0.6) is 5.75 Å². The van der Waals surface area contributed by atoms with Gasteiger partial charge in [-0.15, -0.1) is 0 Å². The van der Waals surface area contributed by atoms with Gasteiger partial charge in [0.1, 0.15) is 11.9 Å². The normalized spacial score (nSPS) is 34.1. The third kappa shape index (κ3) is 1.31. The van der Waals surface area contributed by atoms with Gasteiger partial charge in [0, 0.05) is 15.5 Å². The van der Waals surface area contributed by atoms with Gasteiger partial charge in [-0.25, -0.2) is 0 Å². The molecule has 1 aliphatic carbocycles. The lowest BCUT2D eigenvalue weighted by atomic mass is 9.72. The smallest absolute Gasteiger partial charge is 0.127 e. The lowest BCUT2D eigenvalue weighted by Gasteiger charge is -2.29. The molecule has 2 heteroatoms. The molecule has 90 valence electrons. The molecular weight excluding hydrogens is 276 g/mol. The van der Waals surface area contributed by atoms with Crippen molar-refractivity contribution >= 4 is 15.9 Å². The van der Waals surface area contributed by atoms with Crippen molar-refractivity contribution < 1.29 is 4.74 Å². The van der Waals surface area contributed by atoms with Gasteiger partial charge >= 0.3 is 0 Å². The molecule has 1 aromatic rings. The Morgan fingerprint density at radius 2 is 2.00 bits per heavy atom. The summed E-state index contributed by atoms with van der Waals surface area (Å²) in [4.78, 5) is 0.